The van der Waals surface area contributed by atoms with Crippen molar-refractivity contribution in [2.75, 3.05) is 7.05 Å². The Morgan fingerprint density at radius 1 is 1.35 bits per heavy atom. The number of nitrogens with zero attached hydrogens (tertiary/aromatic N) is 1. The van der Waals surface area contributed by atoms with E-state index in [-0.39, 0.29) is 17.6 Å². The summed E-state index contributed by atoms with van der Waals surface area (Å²) in [5, 5.41) is 10.9. The molecule has 3 atom stereocenters. The Hall–Kier alpha value is -1.05. The summed E-state index contributed by atoms with van der Waals surface area (Å²) in [6, 6.07) is 0.341. The zero-order valence-corrected chi connectivity index (χ0v) is 15.2. The predicted molar refractivity (Wildman–Crippen MR) is 90.8 cm³/mol. The Balaban J connectivity index is 2.11. The second kappa shape index (κ2) is 6.83. The summed E-state index contributed by atoms with van der Waals surface area (Å²) in [6.45, 7) is 8.14. The van der Waals surface area contributed by atoms with E-state index in [1.165, 1.54) is 0 Å². The van der Waals surface area contributed by atoms with Gasteiger partial charge in [-0.05, 0) is 54.0 Å². The first-order chi connectivity index (χ1) is 10.7. The molecular weight excluding hydrogens is 290 g/mol. The highest BCUT2D eigenvalue weighted by Gasteiger charge is 2.47. The SMILES string of the molecule is CC#C[C@](O)(C(=O)O[C@H]1C[C@H](C)N(C)C(C)(C)C1)C1CCCC1. The van der Waals surface area contributed by atoms with Gasteiger partial charge in [-0.2, -0.15) is 0 Å². The quantitative estimate of drug-likeness (QED) is 0.641. The number of hydrogen-bond acceptors (Lipinski definition) is 4. The minimum Gasteiger partial charge on any atom is -0.459 e. The number of aliphatic hydroxyl groups is 1. The predicted octanol–water partition coefficient (Wildman–Crippen LogP) is 2.74. The summed E-state index contributed by atoms with van der Waals surface area (Å²) in [6.07, 6.45) is 5.19. The van der Waals surface area contributed by atoms with Crippen LogP contribution in [0.15, 0.2) is 0 Å². The lowest BCUT2D eigenvalue weighted by Crippen LogP contribution is -2.55. The van der Waals surface area contributed by atoms with Gasteiger partial charge < -0.3 is 9.84 Å². The van der Waals surface area contributed by atoms with Crippen molar-refractivity contribution in [1.82, 2.24) is 4.90 Å². The molecule has 0 radical (unpaired) electrons. The number of likely N-dealkylation sites (tertiary alicyclic amines) is 1. The van der Waals surface area contributed by atoms with E-state index >= 15 is 0 Å². The maximum Gasteiger partial charge on any atom is 0.351 e. The number of rotatable bonds is 3. The summed E-state index contributed by atoms with van der Waals surface area (Å²) in [5.74, 6) is 4.83. The average molecular weight is 321 g/mol. The van der Waals surface area contributed by atoms with Crippen molar-refractivity contribution in [2.45, 2.75) is 89.5 Å². The van der Waals surface area contributed by atoms with E-state index in [0.717, 1.165) is 38.5 Å². The third-order valence-electron chi connectivity index (χ3n) is 5.79. The summed E-state index contributed by atoms with van der Waals surface area (Å²) in [4.78, 5) is 15.0. The van der Waals surface area contributed by atoms with Gasteiger partial charge in [-0.15, -0.1) is 5.92 Å². The number of carbonyl (C=O) groups is 1. The van der Waals surface area contributed by atoms with Crippen LogP contribution in [0.4, 0.5) is 0 Å². The number of hydrogen-bond donors (Lipinski definition) is 1. The third-order valence-corrected chi connectivity index (χ3v) is 5.79. The molecule has 1 saturated heterocycles. The number of piperidine rings is 1. The van der Waals surface area contributed by atoms with Crippen LogP contribution in [-0.4, -0.2) is 46.3 Å². The molecule has 4 nitrogen and oxygen atoms in total. The molecule has 2 fully saturated rings. The zero-order chi connectivity index (χ0) is 17.3. The van der Waals surface area contributed by atoms with Crippen LogP contribution in [0.5, 0.6) is 0 Å². The first-order valence-corrected chi connectivity index (χ1v) is 8.81. The van der Waals surface area contributed by atoms with Crippen molar-refractivity contribution in [2.24, 2.45) is 5.92 Å². The normalized spacial score (nSPS) is 31.0. The molecule has 0 aromatic heterocycles. The van der Waals surface area contributed by atoms with Crippen molar-refractivity contribution >= 4 is 5.97 Å². The molecule has 4 heteroatoms. The molecule has 0 aromatic rings. The Kier molecular flexibility index (Phi) is 5.43. The van der Waals surface area contributed by atoms with Gasteiger partial charge in [0.1, 0.15) is 6.10 Å². The Morgan fingerprint density at radius 2 is 1.96 bits per heavy atom. The Labute approximate surface area is 140 Å². The lowest BCUT2D eigenvalue weighted by Gasteiger charge is -2.47. The molecule has 130 valence electrons. The van der Waals surface area contributed by atoms with E-state index < -0.39 is 11.6 Å². The molecule has 0 bridgehead atoms. The molecule has 23 heavy (non-hydrogen) atoms. The molecule has 1 saturated carbocycles. The van der Waals surface area contributed by atoms with Gasteiger partial charge in [0, 0.05) is 23.9 Å². The first-order valence-electron chi connectivity index (χ1n) is 8.81. The van der Waals surface area contributed by atoms with E-state index in [1.807, 2.05) is 0 Å². The minimum absolute atomic E-state index is 0.0233. The number of esters is 1. The molecule has 0 unspecified atom stereocenters. The van der Waals surface area contributed by atoms with Crippen molar-refractivity contribution < 1.29 is 14.6 Å². The van der Waals surface area contributed by atoms with Gasteiger partial charge in [0.05, 0.1) is 0 Å². The lowest BCUT2D eigenvalue weighted by atomic mass is 9.84. The third kappa shape index (κ3) is 3.72. The summed E-state index contributed by atoms with van der Waals surface area (Å²) in [5.41, 5.74) is -1.66. The summed E-state index contributed by atoms with van der Waals surface area (Å²) >= 11 is 0. The monoisotopic (exact) mass is 321 g/mol. The van der Waals surface area contributed by atoms with Gasteiger partial charge in [0.2, 0.25) is 5.60 Å². The van der Waals surface area contributed by atoms with Gasteiger partial charge >= 0.3 is 5.97 Å². The second-order valence-corrected chi connectivity index (χ2v) is 7.86. The van der Waals surface area contributed by atoms with Crippen LogP contribution in [0.2, 0.25) is 0 Å². The van der Waals surface area contributed by atoms with Crippen LogP contribution in [0.3, 0.4) is 0 Å². The van der Waals surface area contributed by atoms with E-state index in [2.05, 4.69) is 44.6 Å². The summed E-state index contributed by atoms with van der Waals surface area (Å²) < 4.78 is 5.76. The molecule has 2 aliphatic rings. The van der Waals surface area contributed by atoms with Crippen molar-refractivity contribution in [3.8, 4) is 11.8 Å². The van der Waals surface area contributed by atoms with E-state index in [9.17, 15) is 9.90 Å². The van der Waals surface area contributed by atoms with Gasteiger partial charge in [-0.1, -0.05) is 18.8 Å². The first kappa shape index (κ1) is 18.3. The average Bonchev–Trinajstić information content (AvgIpc) is 2.99. The van der Waals surface area contributed by atoms with Crippen molar-refractivity contribution in [3.05, 3.63) is 0 Å². The molecule has 2 rings (SSSR count). The fraction of sp³-hybridized carbons (Fsp3) is 0.842. The topological polar surface area (TPSA) is 49.8 Å². The van der Waals surface area contributed by atoms with Gasteiger partial charge in [-0.25, -0.2) is 4.79 Å². The second-order valence-electron chi connectivity index (χ2n) is 7.86. The Bertz CT molecular complexity index is 498. The lowest BCUT2D eigenvalue weighted by molar-refractivity contribution is -0.175. The molecule has 1 N–H and O–H groups in total. The molecule has 0 amide bonds. The highest BCUT2D eigenvalue weighted by molar-refractivity contribution is 5.84. The molecule has 0 aromatic carbocycles. The van der Waals surface area contributed by atoms with E-state index in [1.54, 1.807) is 6.92 Å². The van der Waals surface area contributed by atoms with Gasteiger partial charge in [0.15, 0.2) is 0 Å². The van der Waals surface area contributed by atoms with Gasteiger partial charge in [0.25, 0.3) is 0 Å². The smallest absolute Gasteiger partial charge is 0.351 e. The number of ether oxygens (including phenoxy) is 1. The van der Waals surface area contributed by atoms with Crippen LogP contribution in [0.1, 0.15) is 66.2 Å². The Morgan fingerprint density at radius 3 is 2.48 bits per heavy atom. The van der Waals surface area contributed by atoms with Crippen LogP contribution in [-0.2, 0) is 9.53 Å². The zero-order valence-electron chi connectivity index (χ0n) is 15.2. The molecule has 0 spiro atoms. The molecular formula is C19H31NO3. The fourth-order valence-electron chi connectivity index (χ4n) is 4.10. The van der Waals surface area contributed by atoms with Crippen LogP contribution in [0.25, 0.3) is 0 Å². The highest BCUT2D eigenvalue weighted by atomic mass is 16.6. The maximum absolute atomic E-state index is 12.7. The highest BCUT2D eigenvalue weighted by Crippen LogP contribution is 2.37. The van der Waals surface area contributed by atoms with Crippen LogP contribution in [0, 0.1) is 17.8 Å². The van der Waals surface area contributed by atoms with E-state index in [4.69, 9.17) is 4.74 Å². The van der Waals surface area contributed by atoms with Gasteiger partial charge in [-0.3, -0.25) is 4.90 Å². The molecule has 1 aliphatic heterocycles. The standard InChI is InChI=1S/C19H31NO3/c1-6-11-19(22,15-9-7-8-10-15)17(21)23-16-12-14(2)20(5)18(3,4)13-16/h14-16,22H,7-10,12-13H2,1-5H3/t14-,16-,19+/m0/s1. The molecule has 1 heterocycles. The van der Waals surface area contributed by atoms with E-state index in [0.29, 0.717) is 6.04 Å². The summed E-state index contributed by atoms with van der Waals surface area (Å²) in [7, 11) is 2.11. The van der Waals surface area contributed by atoms with Crippen molar-refractivity contribution in [1.29, 1.82) is 0 Å². The van der Waals surface area contributed by atoms with Crippen molar-refractivity contribution in [3.63, 3.8) is 0 Å². The number of carbonyl (C=O) groups excluding carboxylic acids is 1. The van der Waals surface area contributed by atoms with Crippen LogP contribution >= 0.6 is 0 Å². The molecule has 1 aliphatic carbocycles. The largest absolute Gasteiger partial charge is 0.459 e. The maximum atomic E-state index is 12.7. The minimum atomic E-state index is -1.64. The fourth-order valence-corrected chi connectivity index (χ4v) is 4.10. The van der Waals surface area contributed by atoms with Crippen LogP contribution < -0.4 is 0 Å².